The molecule has 0 aromatic carbocycles. The van der Waals surface area contributed by atoms with Crippen LogP contribution in [-0.4, -0.2) is 57.2 Å². The number of phosphoric acid groups is 1. The molecule has 0 radical (unpaired) electrons. The maximum Gasteiger partial charge on any atom is 0.469 e. The van der Waals surface area contributed by atoms with Gasteiger partial charge in [-0.15, -0.1) is 0 Å². The van der Waals surface area contributed by atoms with Crippen LogP contribution in [0.1, 0.15) is 31.2 Å². The Hall–Kier alpha value is -1.80. The molecule has 1 aliphatic heterocycles. The van der Waals surface area contributed by atoms with E-state index in [1.54, 1.807) is 11.1 Å². The van der Waals surface area contributed by atoms with Crippen molar-refractivity contribution in [1.82, 2.24) is 15.2 Å². The number of nitrogens with one attached hydrogen (secondary N) is 1. The number of nitrogens with zero attached hydrogens (tertiary/aromatic N) is 2. The molecule has 138 valence electrons. The lowest BCUT2D eigenvalue weighted by molar-refractivity contribution is -0.138. The van der Waals surface area contributed by atoms with Gasteiger partial charge in [0.05, 0.1) is 6.61 Å². The first kappa shape index (κ1) is 19.5. The Morgan fingerprint density at radius 2 is 2.12 bits per heavy atom. The second kappa shape index (κ2) is 8.53. The normalized spacial score (nSPS) is 17.2. The van der Waals surface area contributed by atoms with Gasteiger partial charge >= 0.3 is 7.82 Å². The molecule has 25 heavy (non-hydrogen) atoms. The first-order valence-electron chi connectivity index (χ1n) is 7.92. The van der Waals surface area contributed by atoms with Gasteiger partial charge in [0.1, 0.15) is 6.04 Å². The molecule has 1 saturated heterocycles. The van der Waals surface area contributed by atoms with Crippen LogP contribution in [0.4, 0.5) is 0 Å². The maximum absolute atomic E-state index is 12.6. The quantitative estimate of drug-likeness (QED) is 0.617. The second-order valence-electron chi connectivity index (χ2n) is 5.93. The Balaban J connectivity index is 1.95. The van der Waals surface area contributed by atoms with Gasteiger partial charge in [0.2, 0.25) is 11.8 Å². The molecule has 1 atom stereocenters. The van der Waals surface area contributed by atoms with Crippen molar-refractivity contribution in [3.8, 4) is 0 Å². The van der Waals surface area contributed by atoms with Crippen molar-refractivity contribution in [3.05, 3.63) is 30.1 Å². The zero-order valence-electron chi connectivity index (χ0n) is 13.9. The fraction of sp³-hybridized carbons (Fsp3) is 0.533. The van der Waals surface area contributed by atoms with Crippen molar-refractivity contribution >= 4 is 19.6 Å². The average Bonchev–Trinajstić information content (AvgIpc) is 2.58. The van der Waals surface area contributed by atoms with Crippen LogP contribution in [0.5, 0.6) is 0 Å². The van der Waals surface area contributed by atoms with Crippen molar-refractivity contribution in [3.63, 3.8) is 0 Å². The van der Waals surface area contributed by atoms with Crippen molar-refractivity contribution in [2.24, 2.45) is 0 Å². The van der Waals surface area contributed by atoms with E-state index in [0.29, 0.717) is 19.0 Å². The van der Waals surface area contributed by atoms with Crippen LogP contribution in [0.15, 0.2) is 24.5 Å². The molecular weight excluding hydrogens is 349 g/mol. The molecule has 1 aliphatic rings. The number of carbonyl (C=O) groups is 2. The van der Waals surface area contributed by atoms with Gasteiger partial charge in [-0.1, -0.05) is 6.07 Å². The summed E-state index contributed by atoms with van der Waals surface area (Å²) < 4.78 is 15.2. The largest absolute Gasteiger partial charge is 0.469 e. The summed E-state index contributed by atoms with van der Waals surface area (Å²) in [6.45, 7) is 1.63. The standard InChI is InChI=1S/C15H22N3O6P/c1-11(19)17-14(10-24-25(21,22)23)15(20)18-7-4-12(5-8-18)13-3-2-6-16-9-13/h2-3,6,9,12,14H,4-5,7-8,10H2,1H3,(H,17,19)(H2,21,22,23). The minimum Gasteiger partial charge on any atom is -0.343 e. The van der Waals surface area contributed by atoms with Crippen LogP contribution in [-0.2, 0) is 18.7 Å². The van der Waals surface area contributed by atoms with Gasteiger partial charge in [0, 0.05) is 32.4 Å². The summed E-state index contributed by atoms with van der Waals surface area (Å²) in [4.78, 5) is 47.1. The Labute approximate surface area is 145 Å². The highest BCUT2D eigenvalue weighted by Gasteiger charge is 2.31. The van der Waals surface area contributed by atoms with Crippen LogP contribution in [0.25, 0.3) is 0 Å². The highest BCUT2D eigenvalue weighted by Crippen LogP contribution is 2.36. The Kier molecular flexibility index (Phi) is 6.66. The number of hydrogen-bond acceptors (Lipinski definition) is 5. The van der Waals surface area contributed by atoms with E-state index in [1.165, 1.54) is 6.92 Å². The Morgan fingerprint density at radius 1 is 1.44 bits per heavy atom. The fourth-order valence-corrected chi connectivity index (χ4v) is 3.21. The van der Waals surface area contributed by atoms with E-state index >= 15 is 0 Å². The van der Waals surface area contributed by atoms with Gasteiger partial charge in [-0.3, -0.25) is 19.1 Å². The van der Waals surface area contributed by atoms with E-state index in [9.17, 15) is 14.2 Å². The first-order valence-corrected chi connectivity index (χ1v) is 9.45. The maximum atomic E-state index is 12.6. The Bertz CT molecular complexity index is 642. The number of piperidine rings is 1. The van der Waals surface area contributed by atoms with E-state index in [4.69, 9.17) is 9.79 Å². The van der Waals surface area contributed by atoms with E-state index in [2.05, 4.69) is 14.8 Å². The minimum atomic E-state index is -4.72. The summed E-state index contributed by atoms with van der Waals surface area (Å²) in [5.41, 5.74) is 1.12. The predicted molar refractivity (Wildman–Crippen MR) is 88.4 cm³/mol. The zero-order valence-corrected chi connectivity index (χ0v) is 14.8. The van der Waals surface area contributed by atoms with Crippen LogP contribution in [0.2, 0.25) is 0 Å². The summed E-state index contributed by atoms with van der Waals surface area (Å²) in [7, 11) is -4.72. The topological polar surface area (TPSA) is 129 Å². The smallest absolute Gasteiger partial charge is 0.343 e. The molecule has 0 bridgehead atoms. The lowest BCUT2D eigenvalue weighted by Gasteiger charge is -2.34. The molecule has 1 fully saturated rings. The Morgan fingerprint density at radius 3 is 2.64 bits per heavy atom. The number of amides is 2. The number of carbonyl (C=O) groups excluding carboxylic acids is 2. The van der Waals surface area contributed by atoms with Crippen molar-refractivity contribution in [2.75, 3.05) is 19.7 Å². The lowest BCUT2D eigenvalue weighted by Crippen LogP contribution is -2.52. The number of rotatable bonds is 6. The lowest BCUT2D eigenvalue weighted by atomic mass is 9.90. The van der Waals surface area contributed by atoms with Gasteiger partial charge in [0.25, 0.3) is 0 Å². The van der Waals surface area contributed by atoms with E-state index in [1.807, 2.05) is 18.3 Å². The molecule has 2 amide bonds. The third-order valence-electron chi connectivity index (χ3n) is 4.05. The number of aromatic nitrogens is 1. The molecule has 1 unspecified atom stereocenters. The summed E-state index contributed by atoms with van der Waals surface area (Å²) in [5, 5.41) is 2.38. The molecule has 0 spiro atoms. The van der Waals surface area contributed by atoms with Crippen LogP contribution < -0.4 is 5.32 Å². The van der Waals surface area contributed by atoms with Gasteiger partial charge in [-0.2, -0.15) is 0 Å². The van der Waals surface area contributed by atoms with Crippen LogP contribution >= 0.6 is 7.82 Å². The molecule has 0 aliphatic carbocycles. The number of phosphoric ester groups is 1. The molecule has 3 N–H and O–H groups in total. The van der Waals surface area contributed by atoms with Gasteiger partial charge in [-0.25, -0.2) is 4.57 Å². The summed E-state index contributed by atoms with van der Waals surface area (Å²) in [6, 6.07) is 2.75. The summed E-state index contributed by atoms with van der Waals surface area (Å²) in [5.74, 6) is -0.575. The highest BCUT2D eigenvalue weighted by molar-refractivity contribution is 7.46. The summed E-state index contributed by atoms with van der Waals surface area (Å²) in [6.07, 6.45) is 5.03. The fourth-order valence-electron chi connectivity index (χ4n) is 2.86. The molecule has 10 heteroatoms. The van der Waals surface area contributed by atoms with E-state index in [-0.39, 0.29) is 0 Å². The minimum absolute atomic E-state index is 0.309. The first-order chi connectivity index (χ1) is 11.8. The van der Waals surface area contributed by atoms with Gasteiger partial charge in [0.15, 0.2) is 0 Å². The van der Waals surface area contributed by atoms with Crippen LogP contribution in [0.3, 0.4) is 0 Å². The molecule has 1 aromatic heterocycles. The predicted octanol–water partition coefficient (Wildman–Crippen LogP) is 0.402. The van der Waals surface area contributed by atoms with E-state index in [0.717, 1.165) is 18.4 Å². The van der Waals surface area contributed by atoms with Gasteiger partial charge in [-0.05, 0) is 30.4 Å². The van der Waals surface area contributed by atoms with Crippen molar-refractivity contribution in [2.45, 2.75) is 31.7 Å². The van der Waals surface area contributed by atoms with E-state index < -0.39 is 32.3 Å². The second-order valence-corrected chi connectivity index (χ2v) is 7.16. The monoisotopic (exact) mass is 371 g/mol. The molecule has 1 aromatic rings. The SMILES string of the molecule is CC(=O)NC(COP(=O)(O)O)C(=O)N1CCC(c2cccnc2)CC1. The molecule has 2 heterocycles. The average molecular weight is 371 g/mol. The highest BCUT2D eigenvalue weighted by atomic mass is 31.2. The molecule has 0 saturated carbocycles. The van der Waals surface area contributed by atoms with Crippen molar-refractivity contribution < 1.29 is 28.5 Å². The molecular formula is C15H22N3O6P. The third-order valence-corrected chi connectivity index (χ3v) is 4.53. The zero-order chi connectivity index (χ0) is 18.4. The third kappa shape index (κ3) is 6.21. The van der Waals surface area contributed by atoms with Gasteiger partial charge < -0.3 is 20.0 Å². The van der Waals surface area contributed by atoms with Crippen LogP contribution in [0, 0.1) is 0 Å². The molecule has 9 nitrogen and oxygen atoms in total. The number of likely N-dealkylation sites (tertiary alicyclic amines) is 1. The van der Waals surface area contributed by atoms with Crippen molar-refractivity contribution in [1.29, 1.82) is 0 Å². The summed E-state index contributed by atoms with van der Waals surface area (Å²) >= 11 is 0. The number of hydrogen-bond donors (Lipinski definition) is 3. The molecule has 2 rings (SSSR count). The number of pyridine rings is 1.